The molecule has 0 saturated heterocycles. The van der Waals surface area contributed by atoms with Gasteiger partial charge >= 0.3 is 0 Å². The summed E-state index contributed by atoms with van der Waals surface area (Å²) in [5, 5.41) is 0. The molecular formula is C16H16N2O. The van der Waals surface area contributed by atoms with E-state index in [0.717, 1.165) is 11.3 Å². The van der Waals surface area contributed by atoms with Crippen LogP contribution in [0.2, 0.25) is 0 Å². The van der Waals surface area contributed by atoms with E-state index in [2.05, 4.69) is 4.98 Å². The van der Waals surface area contributed by atoms with Gasteiger partial charge in [0.1, 0.15) is 0 Å². The van der Waals surface area contributed by atoms with Gasteiger partial charge in [-0.15, -0.1) is 0 Å². The number of aromatic nitrogens is 1. The summed E-state index contributed by atoms with van der Waals surface area (Å²) in [5.41, 5.74) is 2.55. The van der Waals surface area contributed by atoms with Crippen molar-refractivity contribution < 1.29 is 4.79 Å². The fourth-order valence-corrected chi connectivity index (χ4v) is 1.63. The number of hydrogen-bond acceptors (Lipinski definition) is 2. The molecule has 0 aliphatic heterocycles. The Morgan fingerprint density at radius 2 is 1.79 bits per heavy atom. The Morgan fingerprint density at radius 1 is 1.05 bits per heavy atom. The normalized spacial score (nSPS) is 10.6. The van der Waals surface area contributed by atoms with Crippen LogP contribution in [-0.2, 0) is 0 Å². The standard InChI is InChI=1S/C16H16N2O/c1-18(2)16(19)14-9-11-15(17-12-14)10-8-13-6-4-3-5-7-13/h3-12H,1-2H3. The molecule has 1 aromatic heterocycles. The number of benzene rings is 1. The van der Waals surface area contributed by atoms with Gasteiger partial charge in [-0.2, -0.15) is 0 Å². The van der Waals surface area contributed by atoms with Gasteiger partial charge in [-0.1, -0.05) is 36.4 Å². The van der Waals surface area contributed by atoms with Crippen LogP contribution >= 0.6 is 0 Å². The number of carbonyl (C=O) groups is 1. The lowest BCUT2D eigenvalue weighted by Crippen LogP contribution is -2.21. The SMILES string of the molecule is CN(C)C(=O)c1ccc(C=Cc2ccccc2)nc1. The van der Waals surface area contributed by atoms with Gasteiger partial charge in [-0.25, -0.2) is 0 Å². The molecule has 0 N–H and O–H groups in total. The summed E-state index contributed by atoms with van der Waals surface area (Å²) < 4.78 is 0. The van der Waals surface area contributed by atoms with E-state index in [4.69, 9.17) is 0 Å². The predicted molar refractivity (Wildman–Crippen MR) is 77.6 cm³/mol. The predicted octanol–water partition coefficient (Wildman–Crippen LogP) is 2.95. The molecule has 2 rings (SSSR count). The lowest BCUT2D eigenvalue weighted by molar-refractivity contribution is 0.0827. The molecule has 96 valence electrons. The highest BCUT2D eigenvalue weighted by molar-refractivity contribution is 5.93. The Balaban J connectivity index is 2.11. The number of rotatable bonds is 3. The van der Waals surface area contributed by atoms with Crippen LogP contribution in [0.3, 0.4) is 0 Å². The Labute approximate surface area is 113 Å². The molecular weight excluding hydrogens is 236 g/mol. The van der Waals surface area contributed by atoms with Crippen molar-refractivity contribution >= 4 is 18.1 Å². The molecule has 1 amide bonds. The minimum Gasteiger partial charge on any atom is -0.345 e. The Kier molecular flexibility index (Phi) is 4.08. The van der Waals surface area contributed by atoms with Crippen LogP contribution < -0.4 is 0 Å². The fraction of sp³-hybridized carbons (Fsp3) is 0.125. The molecule has 0 bridgehead atoms. The quantitative estimate of drug-likeness (QED) is 0.841. The van der Waals surface area contributed by atoms with Gasteiger partial charge < -0.3 is 4.90 Å². The van der Waals surface area contributed by atoms with E-state index >= 15 is 0 Å². The molecule has 0 atom stereocenters. The van der Waals surface area contributed by atoms with Crippen LogP contribution in [0.1, 0.15) is 21.6 Å². The summed E-state index contributed by atoms with van der Waals surface area (Å²) in [6, 6.07) is 13.7. The molecule has 1 aromatic carbocycles. The second-order valence-corrected chi connectivity index (χ2v) is 4.42. The summed E-state index contributed by atoms with van der Waals surface area (Å²) in [6.45, 7) is 0. The zero-order chi connectivity index (χ0) is 13.7. The van der Waals surface area contributed by atoms with Gasteiger partial charge in [0, 0.05) is 20.3 Å². The van der Waals surface area contributed by atoms with Crippen LogP contribution in [0.15, 0.2) is 48.7 Å². The molecule has 0 radical (unpaired) electrons. The third-order valence-corrected chi connectivity index (χ3v) is 2.69. The third kappa shape index (κ3) is 3.52. The summed E-state index contributed by atoms with van der Waals surface area (Å²) in [5.74, 6) is -0.0360. The Morgan fingerprint density at radius 3 is 2.37 bits per heavy atom. The van der Waals surface area contributed by atoms with E-state index in [1.807, 2.05) is 48.6 Å². The first-order chi connectivity index (χ1) is 9.16. The molecule has 0 unspecified atom stereocenters. The molecule has 3 nitrogen and oxygen atoms in total. The van der Waals surface area contributed by atoms with Crippen molar-refractivity contribution in [2.75, 3.05) is 14.1 Å². The van der Waals surface area contributed by atoms with E-state index in [9.17, 15) is 4.79 Å². The van der Waals surface area contributed by atoms with Crippen molar-refractivity contribution in [1.29, 1.82) is 0 Å². The van der Waals surface area contributed by atoms with Crippen LogP contribution in [0.25, 0.3) is 12.2 Å². The molecule has 3 heteroatoms. The van der Waals surface area contributed by atoms with Crippen molar-refractivity contribution in [3.05, 3.63) is 65.5 Å². The summed E-state index contributed by atoms with van der Waals surface area (Å²) >= 11 is 0. The largest absolute Gasteiger partial charge is 0.345 e. The molecule has 0 fully saturated rings. The number of nitrogens with zero attached hydrogens (tertiary/aromatic N) is 2. The molecule has 0 saturated carbocycles. The summed E-state index contributed by atoms with van der Waals surface area (Å²) in [4.78, 5) is 17.5. The van der Waals surface area contributed by atoms with Crippen molar-refractivity contribution in [1.82, 2.24) is 9.88 Å². The third-order valence-electron chi connectivity index (χ3n) is 2.69. The average Bonchev–Trinajstić information content (AvgIpc) is 2.46. The van der Waals surface area contributed by atoms with Crippen molar-refractivity contribution in [2.45, 2.75) is 0 Å². The molecule has 0 spiro atoms. The highest BCUT2D eigenvalue weighted by atomic mass is 16.2. The number of hydrogen-bond donors (Lipinski definition) is 0. The van der Waals surface area contributed by atoms with Gasteiger partial charge in [0.25, 0.3) is 5.91 Å². The smallest absolute Gasteiger partial charge is 0.254 e. The highest BCUT2D eigenvalue weighted by Crippen LogP contribution is 2.08. The van der Waals surface area contributed by atoms with Gasteiger partial charge in [-0.05, 0) is 23.8 Å². The fourth-order valence-electron chi connectivity index (χ4n) is 1.63. The van der Waals surface area contributed by atoms with Gasteiger partial charge in [0.05, 0.1) is 11.3 Å². The second-order valence-electron chi connectivity index (χ2n) is 4.42. The van der Waals surface area contributed by atoms with Crippen molar-refractivity contribution in [3.8, 4) is 0 Å². The maximum absolute atomic E-state index is 11.7. The van der Waals surface area contributed by atoms with Gasteiger partial charge in [0.15, 0.2) is 0 Å². The second kappa shape index (κ2) is 5.96. The van der Waals surface area contributed by atoms with Crippen LogP contribution in [-0.4, -0.2) is 29.9 Å². The van der Waals surface area contributed by atoms with E-state index in [-0.39, 0.29) is 5.91 Å². The van der Waals surface area contributed by atoms with E-state index in [0.29, 0.717) is 5.56 Å². The maximum atomic E-state index is 11.7. The number of amides is 1. The van der Waals surface area contributed by atoms with Crippen LogP contribution in [0, 0.1) is 0 Å². The minimum atomic E-state index is -0.0360. The van der Waals surface area contributed by atoms with Crippen molar-refractivity contribution in [3.63, 3.8) is 0 Å². The van der Waals surface area contributed by atoms with E-state index < -0.39 is 0 Å². The lowest BCUT2D eigenvalue weighted by atomic mass is 10.2. The van der Waals surface area contributed by atoms with Gasteiger partial charge in [-0.3, -0.25) is 9.78 Å². The first-order valence-electron chi connectivity index (χ1n) is 6.07. The van der Waals surface area contributed by atoms with E-state index in [1.165, 1.54) is 4.90 Å². The van der Waals surface area contributed by atoms with Crippen LogP contribution in [0.5, 0.6) is 0 Å². The number of carbonyl (C=O) groups excluding carboxylic acids is 1. The van der Waals surface area contributed by atoms with E-state index in [1.54, 1.807) is 26.4 Å². The topological polar surface area (TPSA) is 33.2 Å². The maximum Gasteiger partial charge on any atom is 0.254 e. The minimum absolute atomic E-state index is 0.0360. The average molecular weight is 252 g/mol. The van der Waals surface area contributed by atoms with Crippen molar-refractivity contribution in [2.24, 2.45) is 0 Å². The molecule has 2 aromatic rings. The first kappa shape index (κ1) is 13.0. The summed E-state index contributed by atoms with van der Waals surface area (Å²) in [7, 11) is 3.46. The van der Waals surface area contributed by atoms with Gasteiger partial charge in [0.2, 0.25) is 0 Å². The zero-order valence-corrected chi connectivity index (χ0v) is 11.1. The molecule has 19 heavy (non-hydrogen) atoms. The lowest BCUT2D eigenvalue weighted by Gasteiger charge is -2.09. The summed E-state index contributed by atoms with van der Waals surface area (Å²) in [6.07, 6.45) is 5.53. The molecule has 1 heterocycles. The first-order valence-corrected chi connectivity index (χ1v) is 6.07. The monoisotopic (exact) mass is 252 g/mol. The zero-order valence-electron chi connectivity index (χ0n) is 11.1. The highest BCUT2D eigenvalue weighted by Gasteiger charge is 2.07. The molecule has 0 aliphatic rings. The Hall–Kier alpha value is -2.42. The number of pyridine rings is 1. The molecule has 0 aliphatic carbocycles. The van der Waals surface area contributed by atoms with Crippen LogP contribution in [0.4, 0.5) is 0 Å². The Bertz CT molecular complexity index is 571.